The number of H-pyrrole nitrogens is 1. The number of rotatable bonds is 3. The topological polar surface area (TPSA) is 87.7 Å². The molecule has 0 spiro atoms. The molecule has 0 aliphatic heterocycles. The SMILES string of the molecule is Cc1n[nH]nc1NS(=O)(=O)c1ccccc1. The summed E-state index contributed by atoms with van der Waals surface area (Å²) in [5.41, 5.74) is 0.500. The van der Waals surface area contributed by atoms with E-state index in [1.807, 2.05) is 0 Å². The Hall–Kier alpha value is -1.89. The molecule has 0 atom stereocenters. The third kappa shape index (κ3) is 2.03. The molecule has 1 aromatic carbocycles. The fourth-order valence-corrected chi connectivity index (χ4v) is 2.25. The van der Waals surface area contributed by atoms with Crippen molar-refractivity contribution < 1.29 is 8.42 Å². The van der Waals surface area contributed by atoms with Gasteiger partial charge in [-0.2, -0.15) is 10.3 Å². The second-order valence-corrected chi connectivity index (χ2v) is 4.86. The van der Waals surface area contributed by atoms with Crippen LogP contribution in [-0.2, 0) is 10.0 Å². The third-order valence-corrected chi connectivity index (χ3v) is 3.36. The molecule has 2 aromatic rings. The standard InChI is InChI=1S/C9H10N4O2S/c1-7-9(11-13-10-7)12-16(14,15)8-5-3-2-4-6-8/h2-6H,1H3,(H2,10,11,12,13). The minimum absolute atomic E-state index is 0.192. The van der Waals surface area contributed by atoms with Crippen molar-refractivity contribution in [3.63, 3.8) is 0 Å². The first-order valence-electron chi connectivity index (χ1n) is 4.55. The summed E-state index contributed by atoms with van der Waals surface area (Å²) < 4.78 is 26.1. The molecule has 0 unspecified atom stereocenters. The molecule has 2 N–H and O–H groups in total. The van der Waals surface area contributed by atoms with Crippen LogP contribution in [0.4, 0.5) is 5.82 Å². The fourth-order valence-electron chi connectivity index (χ4n) is 1.17. The number of sulfonamides is 1. The average molecular weight is 238 g/mol. The van der Waals surface area contributed by atoms with Crippen LogP contribution < -0.4 is 4.72 Å². The van der Waals surface area contributed by atoms with E-state index in [2.05, 4.69) is 20.1 Å². The Bertz CT molecular complexity index is 577. The van der Waals surface area contributed by atoms with Crippen molar-refractivity contribution in [1.29, 1.82) is 0 Å². The van der Waals surface area contributed by atoms with Gasteiger partial charge in [0, 0.05) is 0 Å². The molecule has 0 aliphatic carbocycles. The number of aryl methyl sites for hydroxylation is 1. The molecule has 84 valence electrons. The van der Waals surface area contributed by atoms with E-state index in [9.17, 15) is 8.42 Å². The lowest BCUT2D eigenvalue weighted by molar-refractivity contribution is 0.601. The van der Waals surface area contributed by atoms with E-state index in [1.54, 1.807) is 25.1 Å². The van der Waals surface area contributed by atoms with Crippen molar-refractivity contribution in [1.82, 2.24) is 15.4 Å². The number of benzene rings is 1. The number of nitrogens with one attached hydrogen (secondary N) is 2. The Morgan fingerprint density at radius 2 is 1.88 bits per heavy atom. The van der Waals surface area contributed by atoms with E-state index in [1.165, 1.54) is 12.1 Å². The quantitative estimate of drug-likeness (QED) is 0.832. The van der Waals surface area contributed by atoms with Gasteiger partial charge >= 0.3 is 0 Å². The van der Waals surface area contributed by atoms with Crippen LogP contribution in [0.25, 0.3) is 0 Å². The Morgan fingerprint density at radius 1 is 1.19 bits per heavy atom. The summed E-state index contributed by atoms with van der Waals surface area (Å²) in [4.78, 5) is 0.192. The maximum atomic E-state index is 11.9. The van der Waals surface area contributed by atoms with Gasteiger partial charge in [-0.25, -0.2) is 8.42 Å². The molecule has 0 saturated heterocycles. The minimum Gasteiger partial charge on any atom is -0.260 e. The van der Waals surface area contributed by atoms with Crippen molar-refractivity contribution in [3.8, 4) is 0 Å². The Kier molecular flexibility index (Phi) is 2.61. The normalized spacial score (nSPS) is 11.3. The van der Waals surface area contributed by atoms with Crippen LogP contribution in [0.2, 0.25) is 0 Å². The molecule has 1 heterocycles. The number of anilines is 1. The van der Waals surface area contributed by atoms with Gasteiger partial charge < -0.3 is 0 Å². The van der Waals surface area contributed by atoms with E-state index >= 15 is 0 Å². The zero-order valence-electron chi connectivity index (χ0n) is 8.51. The number of aromatic amines is 1. The average Bonchev–Trinajstić information content (AvgIpc) is 2.65. The molecule has 0 radical (unpaired) electrons. The molecular formula is C9H10N4O2S. The first kappa shape index (κ1) is 10.6. The highest BCUT2D eigenvalue weighted by atomic mass is 32.2. The van der Waals surface area contributed by atoms with Gasteiger partial charge in [-0.15, -0.1) is 5.10 Å². The van der Waals surface area contributed by atoms with Gasteiger partial charge in [-0.05, 0) is 19.1 Å². The second kappa shape index (κ2) is 3.93. The maximum Gasteiger partial charge on any atom is 0.263 e. The van der Waals surface area contributed by atoms with Gasteiger partial charge in [0.1, 0.15) is 5.69 Å². The first-order chi connectivity index (χ1) is 7.59. The molecule has 7 heteroatoms. The van der Waals surface area contributed by atoms with Gasteiger partial charge in [-0.1, -0.05) is 18.2 Å². The molecule has 16 heavy (non-hydrogen) atoms. The minimum atomic E-state index is -3.58. The summed E-state index contributed by atoms with van der Waals surface area (Å²) in [5.74, 6) is 0.212. The van der Waals surface area contributed by atoms with Crippen LogP contribution in [0.1, 0.15) is 5.69 Å². The van der Waals surface area contributed by atoms with E-state index in [4.69, 9.17) is 0 Å². The molecular weight excluding hydrogens is 228 g/mol. The maximum absolute atomic E-state index is 11.9. The number of hydrogen-bond donors (Lipinski definition) is 2. The van der Waals surface area contributed by atoms with Crippen molar-refractivity contribution >= 4 is 15.8 Å². The molecule has 0 fully saturated rings. The summed E-state index contributed by atoms with van der Waals surface area (Å²) >= 11 is 0. The lowest BCUT2D eigenvalue weighted by Crippen LogP contribution is -2.13. The summed E-state index contributed by atoms with van der Waals surface area (Å²) in [7, 11) is -3.58. The van der Waals surface area contributed by atoms with Gasteiger partial charge in [0.05, 0.1) is 4.90 Å². The summed E-state index contributed by atoms with van der Waals surface area (Å²) in [6, 6.07) is 8.09. The van der Waals surface area contributed by atoms with Crippen molar-refractivity contribution in [2.75, 3.05) is 4.72 Å². The van der Waals surface area contributed by atoms with E-state index in [0.717, 1.165) is 0 Å². The van der Waals surface area contributed by atoms with Crippen LogP contribution >= 0.6 is 0 Å². The largest absolute Gasteiger partial charge is 0.263 e. The number of nitrogens with zero attached hydrogens (tertiary/aromatic N) is 2. The highest BCUT2D eigenvalue weighted by Gasteiger charge is 2.16. The molecule has 0 aliphatic rings. The molecule has 0 amide bonds. The van der Waals surface area contributed by atoms with Crippen LogP contribution in [0.15, 0.2) is 35.2 Å². The fraction of sp³-hybridized carbons (Fsp3) is 0.111. The van der Waals surface area contributed by atoms with E-state index in [0.29, 0.717) is 5.69 Å². The smallest absolute Gasteiger partial charge is 0.260 e. The second-order valence-electron chi connectivity index (χ2n) is 3.18. The zero-order valence-corrected chi connectivity index (χ0v) is 9.32. The molecule has 0 bridgehead atoms. The zero-order chi connectivity index (χ0) is 11.6. The van der Waals surface area contributed by atoms with E-state index < -0.39 is 10.0 Å². The van der Waals surface area contributed by atoms with E-state index in [-0.39, 0.29) is 10.7 Å². The summed E-state index contributed by atoms with van der Waals surface area (Å²) in [6.07, 6.45) is 0. The Labute approximate surface area is 92.7 Å². The molecule has 0 saturated carbocycles. The summed E-state index contributed by atoms with van der Waals surface area (Å²) in [6.45, 7) is 1.66. The Morgan fingerprint density at radius 3 is 2.44 bits per heavy atom. The summed E-state index contributed by atoms with van der Waals surface area (Å²) in [5, 5.41) is 9.78. The van der Waals surface area contributed by atoms with Crippen molar-refractivity contribution in [3.05, 3.63) is 36.0 Å². The molecule has 6 nitrogen and oxygen atoms in total. The monoisotopic (exact) mass is 238 g/mol. The van der Waals surface area contributed by atoms with Crippen LogP contribution in [0.3, 0.4) is 0 Å². The number of aromatic nitrogens is 3. The highest BCUT2D eigenvalue weighted by Crippen LogP contribution is 2.14. The van der Waals surface area contributed by atoms with Gasteiger partial charge in [-0.3, -0.25) is 4.72 Å². The highest BCUT2D eigenvalue weighted by molar-refractivity contribution is 7.92. The first-order valence-corrected chi connectivity index (χ1v) is 6.03. The lowest BCUT2D eigenvalue weighted by Gasteiger charge is -2.04. The predicted octanol–water partition coefficient (Wildman–Crippen LogP) is 0.914. The van der Waals surface area contributed by atoms with Crippen LogP contribution in [0.5, 0.6) is 0 Å². The molecule has 1 aromatic heterocycles. The predicted molar refractivity (Wildman–Crippen MR) is 58.4 cm³/mol. The van der Waals surface area contributed by atoms with Gasteiger partial charge in [0.2, 0.25) is 0 Å². The van der Waals surface area contributed by atoms with Crippen LogP contribution in [0, 0.1) is 6.92 Å². The molecule has 2 rings (SSSR count). The third-order valence-electron chi connectivity index (χ3n) is 2.01. The van der Waals surface area contributed by atoms with Gasteiger partial charge in [0.25, 0.3) is 10.0 Å². The van der Waals surface area contributed by atoms with Crippen molar-refractivity contribution in [2.24, 2.45) is 0 Å². The Balaban J connectivity index is 2.32. The van der Waals surface area contributed by atoms with Gasteiger partial charge in [0.15, 0.2) is 5.82 Å². The lowest BCUT2D eigenvalue weighted by atomic mass is 10.4. The number of hydrogen-bond acceptors (Lipinski definition) is 4. The van der Waals surface area contributed by atoms with Crippen molar-refractivity contribution in [2.45, 2.75) is 11.8 Å². The van der Waals surface area contributed by atoms with Crippen LogP contribution in [-0.4, -0.2) is 23.8 Å².